The Morgan fingerprint density at radius 3 is 2.29 bits per heavy atom. The van der Waals surface area contributed by atoms with E-state index in [0.29, 0.717) is 43.2 Å². The van der Waals surface area contributed by atoms with Crippen molar-refractivity contribution in [2.75, 3.05) is 13.1 Å². The maximum Gasteiger partial charge on any atom is 0.240 e. The van der Waals surface area contributed by atoms with E-state index in [1.54, 1.807) is 12.1 Å². The van der Waals surface area contributed by atoms with Crippen LogP contribution in [0, 0.1) is 5.92 Å². The minimum absolute atomic E-state index is 0.107. The van der Waals surface area contributed by atoms with E-state index in [-0.39, 0.29) is 11.9 Å². The number of nitrogens with zero attached hydrogens (tertiary/aromatic N) is 1. The summed E-state index contributed by atoms with van der Waals surface area (Å²) in [5.74, 6) is 0.515. The number of carbonyl (C=O) groups is 1. The number of aryl methyl sites for hydroxylation is 1. The molecule has 0 unspecified atom stereocenters. The molecular weight excluding hydrogens is 324 g/mol. The predicted molar refractivity (Wildman–Crippen MR) is 95.2 cm³/mol. The van der Waals surface area contributed by atoms with E-state index in [2.05, 4.69) is 4.72 Å². The number of likely N-dealkylation sites (tertiary alicyclic amines) is 1. The van der Waals surface area contributed by atoms with Gasteiger partial charge in [0.1, 0.15) is 0 Å². The Labute approximate surface area is 145 Å². The van der Waals surface area contributed by atoms with E-state index >= 15 is 0 Å². The molecule has 0 aliphatic carbocycles. The minimum Gasteiger partial charge on any atom is -0.343 e. The van der Waals surface area contributed by atoms with E-state index in [0.717, 1.165) is 12.0 Å². The van der Waals surface area contributed by atoms with Gasteiger partial charge in [-0.15, -0.1) is 0 Å². The Balaban J connectivity index is 1.91. The summed E-state index contributed by atoms with van der Waals surface area (Å²) in [4.78, 5) is 14.2. The SMILES string of the molecule is CCc1ccc(S(=O)(=O)NC2CCN(C(=O)CC(C)C)CC2)cc1. The third-order valence-corrected chi connectivity index (χ3v) is 5.93. The van der Waals surface area contributed by atoms with Gasteiger partial charge in [0.15, 0.2) is 0 Å². The second-order valence-electron chi connectivity index (χ2n) is 6.87. The van der Waals surface area contributed by atoms with Gasteiger partial charge < -0.3 is 4.90 Å². The van der Waals surface area contributed by atoms with Crippen molar-refractivity contribution in [3.05, 3.63) is 29.8 Å². The second-order valence-corrected chi connectivity index (χ2v) is 8.59. The van der Waals surface area contributed by atoms with Crippen LogP contribution in [0.25, 0.3) is 0 Å². The molecular formula is C18H28N2O3S. The first-order valence-electron chi connectivity index (χ1n) is 8.71. The number of nitrogens with one attached hydrogen (secondary N) is 1. The molecule has 0 atom stereocenters. The lowest BCUT2D eigenvalue weighted by molar-refractivity contribution is -0.133. The van der Waals surface area contributed by atoms with Crippen LogP contribution in [0.15, 0.2) is 29.2 Å². The number of benzene rings is 1. The molecule has 1 aromatic carbocycles. The minimum atomic E-state index is -3.50. The van der Waals surface area contributed by atoms with E-state index in [9.17, 15) is 13.2 Å². The molecule has 1 heterocycles. The van der Waals surface area contributed by atoms with Crippen LogP contribution >= 0.6 is 0 Å². The van der Waals surface area contributed by atoms with E-state index in [1.807, 2.05) is 37.8 Å². The summed E-state index contributed by atoms with van der Waals surface area (Å²) in [5.41, 5.74) is 1.12. The number of amides is 1. The molecule has 1 saturated heterocycles. The molecule has 1 N–H and O–H groups in total. The molecule has 0 radical (unpaired) electrons. The first-order valence-corrected chi connectivity index (χ1v) is 10.2. The summed E-state index contributed by atoms with van der Waals surface area (Å²) in [6, 6.07) is 6.90. The molecule has 5 nitrogen and oxygen atoms in total. The Hall–Kier alpha value is -1.40. The standard InChI is InChI=1S/C18H28N2O3S/c1-4-15-5-7-17(8-6-15)24(22,23)19-16-9-11-20(12-10-16)18(21)13-14(2)3/h5-8,14,16,19H,4,9-13H2,1-3H3. The van der Waals surface area contributed by atoms with Gasteiger partial charge in [-0.3, -0.25) is 4.79 Å². The Bertz CT molecular complexity index is 645. The fourth-order valence-corrected chi connectivity index (χ4v) is 4.22. The Morgan fingerprint density at radius 1 is 1.21 bits per heavy atom. The van der Waals surface area contributed by atoms with Crippen LogP contribution in [-0.2, 0) is 21.2 Å². The van der Waals surface area contributed by atoms with E-state index < -0.39 is 10.0 Å². The van der Waals surface area contributed by atoms with Crippen LogP contribution in [0.5, 0.6) is 0 Å². The van der Waals surface area contributed by atoms with Gasteiger partial charge in [0.05, 0.1) is 4.90 Å². The van der Waals surface area contributed by atoms with E-state index in [1.165, 1.54) is 0 Å². The average Bonchev–Trinajstić information content (AvgIpc) is 2.54. The smallest absolute Gasteiger partial charge is 0.240 e. The second kappa shape index (κ2) is 8.12. The summed E-state index contributed by atoms with van der Waals surface area (Å²) in [7, 11) is -3.50. The van der Waals surface area contributed by atoms with Gasteiger partial charge >= 0.3 is 0 Å². The molecule has 1 aromatic rings. The fourth-order valence-electron chi connectivity index (χ4n) is 2.92. The molecule has 134 valence electrons. The van der Waals surface area contributed by atoms with Crippen molar-refractivity contribution < 1.29 is 13.2 Å². The van der Waals surface area contributed by atoms with Crippen molar-refractivity contribution in [3.63, 3.8) is 0 Å². The molecule has 6 heteroatoms. The Kier molecular flexibility index (Phi) is 6.40. The zero-order valence-electron chi connectivity index (χ0n) is 14.8. The number of carbonyl (C=O) groups excluding carboxylic acids is 1. The highest BCUT2D eigenvalue weighted by atomic mass is 32.2. The van der Waals surface area contributed by atoms with Crippen molar-refractivity contribution >= 4 is 15.9 Å². The van der Waals surface area contributed by atoms with Gasteiger partial charge in [0, 0.05) is 25.6 Å². The molecule has 1 aliphatic rings. The van der Waals surface area contributed by atoms with Gasteiger partial charge in [-0.25, -0.2) is 13.1 Å². The quantitative estimate of drug-likeness (QED) is 0.856. The van der Waals surface area contributed by atoms with Gasteiger partial charge in [0.2, 0.25) is 15.9 Å². The van der Waals surface area contributed by atoms with Crippen LogP contribution in [0.2, 0.25) is 0 Å². The number of rotatable bonds is 6. The topological polar surface area (TPSA) is 66.5 Å². The number of hydrogen-bond acceptors (Lipinski definition) is 3. The monoisotopic (exact) mass is 352 g/mol. The maximum absolute atomic E-state index is 12.5. The lowest BCUT2D eigenvalue weighted by Crippen LogP contribution is -2.46. The number of hydrogen-bond donors (Lipinski definition) is 1. The lowest BCUT2D eigenvalue weighted by Gasteiger charge is -2.32. The molecule has 0 saturated carbocycles. The van der Waals surface area contributed by atoms with Crippen LogP contribution < -0.4 is 4.72 Å². The first-order chi connectivity index (χ1) is 11.3. The third-order valence-electron chi connectivity index (χ3n) is 4.39. The summed E-state index contributed by atoms with van der Waals surface area (Å²) in [6.07, 6.45) is 2.77. The molecule has 2 rings (SSSR count). The number of sulfonamides is 1. The van der Waals surface area contributed by atoms with Crippen LogP contribution in [0.1, 0.15) is 45.6 Å². The fraction of sp³-hybridized carbons (Fsp3) is 0.611. The largest absolute Gasteiger partial charge is 0.343 e. The van der Waals surface area contributed by atoms with Crippen molar-refractivity contribution in [2.24, 2.45) is 5.92 Å². The van der Waals surface area contributed by atoms with Gasteiger partial charge in [-0.1, -0.05) is 32.9 Å². The highest BCUT2D eigenvalue weighted by molar-refractivity contribution is 7.89. The van der Waals surface area contributed by atoms with Crippen molar-refractivity contribution in [2.45, 2.75) is 57.4 Å². The zero-order chi connectivity index (χ0) is 17.7. The summed E-state index contributed by atoms with van der Waals surface area (Å²) in [6.45, 7) is 7.34. The number of piperidine rings is 1. The lowest BCUT2D eigenvalue weighted by atomic mass is 10.0. The molecule has 0 bridgehead atoms. The van der Waals surface area contributed by atoms with Crippen molar-refractivity contribution in [1.29, 1.82) is 0 Å². The Morgan fingerprint density at radius 2 is 1.79 bits per heavy atom. The van der Waals surface area contributed by atoms with Crippen LogP contribution in [0.3, 0.4) is 0 Å². The normalized spacial score (nSPS) is 16.6. The van der Waals surface area contributed by atoms with Crippen LogP contribution in [-0.4, -0.2) is 38.4 Å². The van der Waals surface area contributed by atoms with E-state index in [4.69, 9.17) is 0 Å². The maximum atomic E-state index is 12.5. The first kappa shape index (κ1) is 18.9. The average molecular weight is 353 g/mol. The summed E-state index contributed by atoms with van der Waals surface area (Å²) in [5, 5.41) is 0. The summed E-state index contributed by atoms with van der Waals surface area (Å²) < 4.78 is 27.7. The third kappa shape index (κ3) is 5.05. The predicted octanol–water partition coefficient (Wildman–Crippen LogP) is 2.56. The molecule has 24 heavy (non-hydrogen) atoms. The van der Waals surface area contributed by atoms with Gasteiger partial charge in [-0.05, 0) is 42.9 Å². The highest BCUT2D eigenvalue weighted by Gasteiger charge is 2.26. The van der Waals surface area contributed by atoms with Crippen LogP contribution in [0.4, 0.5) is 0 Å². The molecule has 1 amide bonds. The van der Waals surface area contributed by atoms with Gasteiger partial charge in [0.25, 0.3) is 0 Å². The molecule has 1 aliphatic heterocycles. The van der Waals surface area contributed by atoms with Gasteiger partial charge in [-0.2, -0.15) is 0 Å². The zero-order valence-corrected chi connectivity index (χ0v) is 15.6. The molecule has 0 spiro atoms. The molecule has 0 aromatic heterocycles. The highest BCUT2D eigenvalue weighted by Crippen LogP contribution is 2.17. The summed E-state index contributed by atoms with van der Waals surface area (Å²) >= 11 is 0. The van der Waals surface area contributed by atoms with Crippen molar-refractivity contribution in [3.8, 4) is 0 Å². The van der Waals surface area contributed by atoms with Crippen molar-refractivity contribution in [1.82, 2.24) is 9.62 Å². The molecule has 1 fully saturated rings.